The molecule has 35 heavy (non-hydrogen) atoms. The number of methoxy groups -OCH3 is 1. The molecule has 2 unspecified atom stereocenters. The summed E-state index contributed by atoms with van der Waals surface area (Å²) in [6.45, 7) is 6.05. The summed E-state index contributed by atoms with van der Waals surface area (Å²) in [5.41, 5.74) is 3.65. The molecule has 2 aromatic rings. The monoisotopic (exact) mass is 498 g/mol. The van der Waals surface area contributed by atoms with E-state index in [4.69, 9.17) is 9.47 Å². The second kappa shape index (κ2) is 9.22. The molecule has 0 bridgehead atoms. The van der Waals surface area contributed by atoms with Gasteiger partial charge < -0.3 is 14.4 Å². The van der Waals surface area contributed by atoms with Crippen LogP contribution in [0.25, 0.3) is 0 Å². The number of carbonyl (C=O) groups is 1. The lowest BCUT2D eigenvalue weighted by atomic mass is 10.0. The molecule has 1 aliphatic carbocycles. The Morgan fingerprint density at radius 3 is 2.54 bits per heavy atom. The van der Waals surface area contributed by atoms with Crippen molar-refractivity contribution in [1.82, 2.24) is 9.21 Å². The molecule has 0 radical (unpaired) electrons. The van der Waals surface area contributed by atoms with E-state index in [0.717, 1.165) is 30.4 Å². The molecule has 2 heterocycles. The molecule has 2 saturated heterocycles. The maximum absolute atomic E-state index is 13.2. The summed E-state index contributed by atoms with van der Waals surface area (Å²) in [4.78, 5) is 15.0. The first-order chi connectivity index (χ1) is 16.7. The maximum Gasteiger partial charge on any atom is 0.254 e. The molecule has 2 aliphatic heterocycles. The van der Waals surface area contributed by atoms with Gasteiger partial charge in [0.05, 0.1) is 18.8 Å². The first-order valence-corrected chi connectivity index (χ1v) is 13.9. The van der Waals surface area contributed by atoms with Crippen LogP contribution < -0.4 is 4.74 Å². The van der Waals surface area contributed by atoms with E-state index in [1.54, 1.807) is 22.4 Å². The molecule has 188 valence electrons. The minimum Gasteiger partial charge on any atom is -0.486 e. The van der Waals surface area contributed by atoms with Gasteiger partial charge in [-0.3, -0.25) is 4.79 Å². The van der Waals surface area contributed by atoms with E-state index in [0.29, 0.717) is 43.1 Å². The van der Waals surface area contributed by atoms with Crippen molar-refractivity contribution in [3.63, 3.8) is 0 Å². The summed E-state index contributed by atoms with van der Waals surface area (Å²) in [6, 6.07) is 13.2. The van der Waals surface area contributed by atoms with Gasteiger partial charge in [0.2, 0.25) is 10.0 Å². The smallest absolute Gasteiger partial charge is 0.254 e. The summed E-state index contributed by atoms with van der Waals surface area (Å²) >= 11 is 0. The zero-order valence-electron chi connectivity index (χ0n) is 20.7. The first-order valence-electron chi connectivity index (χ1n) is 12.3. The van der Waals surface area contributed by atoms with Crippen molar-refractivity contribution in [2.45, 2.75) is 51.1 Å². The molecule has 0 aromatic heterocycles. The van der Waals surface area contributed by atoms with Crippen LogP contribution in [0.1, 0.15) is 46.3 Å². The molecule has 2 aromatic carbocycles. The zero-order valence-corrected chi connectivity index (χ0v) is 21.5. The first kappa shape index (κ1) is 24.3. The van der Waals surface area contributed by atoms with Crippen molar-refractivity contribution in [2.75, 3.05) is 33.3 Å². The van der Waals surface area contributed by atoms with Crippen LogP contribution in [0.5, 0.6) is 5.75 Å². The third-order valence-electron chi connectivity index (χ3n) is 7.72. The van der Waals surface area contributed by atoms with Crippen LogP contribution in [-0.2, 0) is 20.5 Å². The van der Waals surface area contributed by atoms with Crippen molar-refractivity contribution in [1.29, 1.82) is 0 Å². The van der Waals surface area contributed by atoms with Crippen molar-refractivity contribution < 1.29 is 22.7 Å². The van der Waals surface area contributed by atoms with Gasteiger partial charge in [-0.2, -0.15) is 0 Å². The lowest BCUT2D eigenvalue weighted by Crippen LogP contribution is -2.32. The van der Waals surface area contributed by atoms with Crippen molar-refractivity contribution in [2.24, 2.45) is 5.41 Å². The highest BCUT2D eigenvalue weighted by Gasteiger charge is 2.50. The largest absolute Gasteiger partial charge is 0.486 e. The Balaban J connectivity index is 1.26. The highest BCUT2D eigenvalue weighted by atomic mass is 32.2. The molecule has 3 aliphatic rings. The normalized spacial score (nSPS) is 23.7. The zero-order chi connectivity index (χ0) is 24.8. The van der Waals surface area contributed by atoms with Gasteiger partial charge in [0.15, 0.2) is 0 Å². The summed E-state index contributed by atoms with van der Waals surface area (Å²) in [5, 5.41) is 0. The predicted molar refractivity (Wildman–Crippen MR) is 134 cm³/mol. The topological polar surface area (TPSA) is 76.1 Å². The van der Waals surface area contributed by atoms with Gasteiger partial charge >= 0.3 is 0 Å². The Morgan fingerprint density at radius 2 is 1.83 bits per heavy atom. The van der Waals surface area contributed by atoms with Gasteiger partial charge in [-0.25, -0.2) is 12.7 Å². The van der Waals surface area contributed by atoms with Gasteiger partial charge in [-0.1, -0.05) is 29.8 Å². The predicted octanol–water partition coefficient (Wildman–Crippen LogP) is 3.54. The average molecular weight is 499 g/mol. The minimum atomic E-state index is -3.36. The van der Waals surface area contributed by atoms with Crippen LogP contribution in [0.4, 0.5) is 0 Å². The number of carbonyl (C=O) groups excluding carboxylic acids is 1. The van der Waals surface area contributed by atoms with Crippen LogP contribution in [0.3, 0.4) is 0 Å². The van der Waals surface area contributed by atoms with Crippen molar-refractivity contribution >= 4 is 15.9 Å². The van der Waals surface area contributed by atoms with E-state index in [9.17, 15) is 13.2 Å². The fourth-order valence-corrected chi connectivity index (χ4v) is 6.91. The second-order valence-corrected chi connectivity index (χ2v) is 12.4. The highest BCUT2D eigenvalue weighted by Crippen LogP contribution is 2.53. The van der Waals surface area contributed by atoms with Crippen LogP contribution in [0, 0.1) is 19.3 Å². The molecule has 1 saturated carbocycles. The Kier molecular flexibility index (Phi) is 6.40. The van der Waals surface area contributed by atoms with Crippen molar-refractivity contribution in [3.8, 4) is 5.75 Å². The molecule has 3 fully saturated rings. The molecular formula is C27H34N2O5S. The third kappa shape index (κ3) is 5.10. The van der Waals surface area contributed by atoms with E-state index in [1.807, 2.05) is 50.2 Å². The van der Waals surface area contributed by atoms with E-state index >= 15 is 0 Å². The van der Waals surface area contributed by atoms with Crippen LogP contribution in [0.15, 0.2) is 42.5 Å². The van der Waals surface area contributed by atoms with E-state index in [2.05, 4.69) is 0 Å². The van der Waals surface area contributed by atoms with Gasteiger partial charge in [0.25, 0.3) is 5.91 Å². The number of nitrogens with zero attached hydrogens (tertiary/aromatic N) is 2. The fraction of sp³-hybridized carbons (Fsp3) is 0.519. The summed E-state index contributed by atoms with van der Waals surface area (Å²) in [6.07, 6.45) is 2.66. The number of hydrogen-bond donors (Lipinski definition) is 0. The Morgan fingerprint density at radius 1 is 1.06 bits per heavy atom. The average Bonchev–Trinajstić information content (AvgIpc) is 3.24. The standard InChI is InChI=1S/C27H34N2O5S/c1-19-7-8-20(2)23(13-19)26(30)28-15-24(33-3)25(16-28)34-22-6-4-5-21(14-22)17-35(31,32)29-12-11-27(18-29)9-10-27/h4-8,13-14,24-25H,9-12,15-18H2,1-3H3. The van der Waals surface area contributed by atoms with Gasteiger partial charge in [0, 0.05) is 25.8 Å². The SMILES string of the molecule is COC1CN(C(=O)c2cc(C)ccc2C)CC1Oc1cccc(CS(=O)(=O)N2CCC3(CC3)C2)c1. The van der Waals surface area contributed by atoms with Crippen molar-refractivity contribution in [3.05, 3.63) is 64.7 Å². The number of benzene rings is 2. The summed E-state index contributed by atoms with van der Waals surface area (Å²) in [5.74, 6) is 0.528. The van der Waals surface area contributed by atoms with Gasteiger partial charge in [-0.15, -0.1) is 0 Å². The molecular weight excluding hydrogens is 464 g/mol. The Hall–Kier alpha value is -2.42. The number of rotatable bonds is 7. The lowest BCUT2D eigenvalue weighted by Gasteiger charge is -2.20. The minimum absolute atomic E-state index is 0.0294. The highest BCUT2D eigenvalue weighted by molar-refractivity contribution is 7.88. The molecule has 7 nitrogen and oxygen atoms in total. The molecule has 8 heteroatoms. The second-order valence-electron chi connectivity index (χ2n) is 10.4. The number of sulfonamides is 1. The van der Waals surface area contributed by atoms with Crippen LogP contribution in [0.2, 0.25) is 0 Å². The van der Waals surface area contributed by atoms with Crippen LogP contribution >= 0.6 is 0 Å². The Bertz CT molecular complexity index is 1220. The number of likely N-dealkylation sites (tertiary alicyclic amines) is 1. The fourth-order valence-electron chi connectivity index (χ4n) is 5.29. The molecule has 5 rings (SSSR count). The quantitative estimate of drug-likeness (QED) is 0.584. The molecule has 2 atom stereocenters. The summed E-state index contributed by atoms with van der Waals surface area (Å²) in [7, 11) is -1.74. The number of aryl methyl sites for hydroxylation is 2. The van der Waals surface area contributed by atoms with E-state index in [1.165, 1.54) is 0 Å². The number of amides is 1. The molecule has 1 spiro atoms. The van der Waals surface area contributed by atoms with Crippen LogP contribution in [-0.4, -0.2) is 69.0 Å². The number of hydrogen-bond acceptors (Lipinski definition) is 5. The van der Waals surface area contributed by atoms with Gasteiger partial charge in [0.1, 0.15) is 18.0 Å². The third-order valence-corrected chi connectivity index (χ3v) is 9.51. The number of ether oxygens (including phenoxy) is 2. The molecule has 0 N–H and O–H groups in total. The lowest BCUT2D eigenvalue weighted by molar-refractivity contribution is 0.0339. The Labute approximate surface area is 208 Å². The van der Waals surface area contributed by atoms with Gasteiger partial charge in [-0.05, 0) is 67.9 Å². The van der Waals surface area contributed by atoms with E-state index in [-0.39, 0.29) is 29.3 Å². The van der Waals surface area contributed by atoms with E-state index < -0.39 is 10.0 Å². The maximum atomic E-state index is 13.2. The molecule has 1 amide bonds. The summed E-state index contributed by atoms with van der Waals surface area (Å²) < 4.78 is 39.5.